The van der Waals surface area contributed by atoms with E-state index in [-0.39, 0.29) is 6.61 Å². The second-order valence-electron chi connectivity index (χ2n) is 3.55. The van der Waals surface area contributed by atoms with Gasteiger partial charge in [-0.15, -0.1) is 0 Å². The lowest BCUT2D eigenvalue weighted by molar-refractivity contribution is -0.131. The minimum Gasteiger partial charge on any atom is -0.478 e. The van der Waals surface area contributed by atoms with Gasteiger partial charge in [0.2, 0.25) is 0 Å². The van der Waals surface area contributed by atoms with Gasteiger partial charge in [0.1, 0.15) is 12.4 Å². The molecule has 0 saturated heterocycles. The molecule has 0 radical (unpaired) electrons. The summed E-state index contributed by atoms with van der Waals surface area (Å²) in [6, 6.07) is 3.22. The molecule has 6 nitrogen and oxygen atoms in total. The van der Waals surface area contributed by atoms with Crippen molar-refractivity contribution in [3.8, 4) is 0 Å². The van der Waals surface area contributed by atoms with Gasteiger partial charge in [0.15, 0.2) is 0 Å². The van der Waals surface area contributed by atoms with Crippen LogP contribution in [0.1, 0.15) is 11.3 Å². The molecule has 1 amide bonds. The highest BCUT2D eigenvalue weighted by Gasteiger charge is 2.05. The summed E-state index contributed by atoms with van der Waals surface area (Å²) >= 11 is 0. The number of aromatic nitrogens is 1. The van der Waals surface area contributed by atoms with Crippen LogP contribution in [-0.2, 0) is 9.53 Å². The lowest BCUT2D eigenvalue weighted by Gasteiger charge is -2.06. The summed E-state index contributed by atoms with van der Waals surface area (Å²) in [6.07, 6.45) is 3.29. The summed E-state index contributed by atoms with van der Waals surface area (Å²) in [7, 11) is 0. The number of hydrogen-bond acceptors (Lipinski definition) is 4. The first-order valence-corrected chi connectivity index (χ1v) is 5.46. The fourth-order valence-electron chi connectivity index (χ4n) is 1.25. The third-order valence-corrected chi connectivity index (χ3v) is 2.09. The maximum absolute atomic E-state index is 11.3. The molecule has 1 heterocycles. The maximum atomic E-state index is 11.3. The van der Waals surface area contributed by atoms with Crippen LogP contribution in [0.15, 0.2) is 30.9 Å². The number of carboxylic acids is 1. The molecule has 0 aliphatic rings. The van der Waals surface area contributed by atoms with E-state index in [9.17, 15) is 9.59 Å². The standard InChI is InChI=1S/C13H14N2O4/c1-3-8-19-13(18)15-11-6-4-10(9(2)14-11)5-7-12(16)17/h3-7H,1,8H2,2H3,(H,16,17)(H,14,15,18)/b7-5+. The molecule has 0 fully saturated rings. The Balaban J connectivity index is 2.73. The molecule has 0 spiro atoms. The van der Waals surface area contributed by atoms with Gasteiger partial charge in [-0.05, 0) is 30.7 Å². The molecule has 2 N–H and O–H groups in total. The van der Waals surface area contributed by atoms with E-state index in [0.29, 0.717) is 17.1 Å². The van der Waals surface area contributed by atoms with E-state index in [4.69, 9.17) is 9.84 Å². The number of rotatable bonds is 5. The van der Waals surface area contributed by atoms with Crippen LogP contribution >= 0.6 is 0 Å². The average molecular weight is 262 g/mol. The van der Waals surface area contributed by atoms with Crippen molar-refractivity contribution in [1.82, 2.24) is 4.98 Å². The van der Waals surface area contributed by atoms with Gasteiger partial charge in [-0.25, -0.2) is 14.6 Å². The lowest BCUT2D eigenvalue weighted by Crippen LogP contribution is -2.14. The normalized spacial score (nSPS) is 10.2. The first-order chi connectivity index (χ1) is 9.02. The minimum absolute atomic E-state index is 0.115. The third-order valence-electron chi connectivity index (χ3n) is 2.09. The number of carboxylic acid groups (broad SMARTS) is 1. The summed E-state index contributed by atoms with van der Waals surface area (Å²) in [6.45, 7) is 5.25. The van der Waals surface area contributed by atoms with Crippen molar-refractivity contribution >= 4 is 24.0 Å². The fourth-order valence-corrected chi connectivity index (χ4v) is 1.25. The Morgan fingerprint density at radius 1 is 1.53 bits per heavy atom. The highest BCUT2D eigenvalue weighted by molar-refractivity contribution is 5.86. The smallest absolute Gasteiger partial charge is 0.413 e. The van der Waals surface area contributed by atoms with Gasteiger partial charge in [0, 0.05) is 11.8 Å². The number of pyridine rings is 1. The molecule has 1 rings (SSSR count). The van der Waals surface area contributed by atoms with Crippen LogP contribution in [0.4, 0.5) is 10.6 Å². The van der Waals surface area contributed by atoms with Crippen molar-refractivity contribution in [3.05, 3.63) is 42.1 Å². The molecule has 0 atom stereocenters. The second-order valence-corrected chi connectivity index (χ2v) is 3.55. The first-order valence-electron chi connectivity index (χ1n) is 5.46. The number of carbonyl (C=O) groups is 2. The largest absolute Gasteiger partial charge is 0.478 e. The van der Waals surface area contributed by atoms with Crippen molar-refractivity contribution in [3.63, 3.8) is 0 Å². The molecule has 1 aromatic rings. The SMILES string of the molecule is C=CCOC(=O)Nc1ccc(/C=C/C(=O)O)c(C)n1. The van der Waals surface area contributed by atoms with Crippen molar-refractivity contribution in [2.24, 2.45) is 0 Å². The molecule has 0 saturated carbocycles. The van der Waals surface area contributed by atoms with Gasteiger partial charge in [-0.1, -0.05) is 12.7 Å². The van der Waals surface area contributed by atoms with Crippen LogP contribution in [0.2, 0.25) is 0 Å². The number of carbonyl (C=O) groups excluding carboxylic acids is 1. The Morgan fingerprint density at radius 3 is 2.84 bits per heavy atom. The first kappa shape index (κ1) is 14.4. The van der Waals surface area contributed by atoms with E-state index < -0.39 is 12.1 Å². The molecule has 100 valence electrons. The number of aliphatic carboxylic acids is 1. The van der Waals surface area contributed by atoms with Gasteiger partial charge >= 0.3 is 12.1 Å². The topological polar surface area (TPSA) is 88.5 Å². The molecule has 0 bridgehead atoms. The van der Waals surface area contributed by atoms with Gasteiger partial charge in [0.05, 0.1) is 0 Å². The Labute approximate surface area is 110 Å². The van der Waals surface area contributed by atoms with Crippen LogP contribution in [0.5, 0.6) is 0 Å². The van der Waals surface area contributed by atoms with E-state index in [2.05, 4.69) is 16.9 Å². The van der Waals surface area contributed by atoms with Crippen molar-refractivity contribution in [2.75, 3.05) is 11.9 Å². The van der Waals surface area contributed by atoms with Crippen molar-refractivity contribution in [1.29, 1.82) is 0 Å². The molecule has 0 aromatic carbocycles. The number of anilines is 1. The number of amides is 1. The van der Waals surface area contributed by atoms with Crippen LogP contribution in [0, 0.1) is 6.92 Å². The van der Waals surface area contributed by atoms with E-state index in [1.807, 2.05) is 0 Å². The number of ether oxygens (including phenoxy) is 1. The quantitative estimate of drug-likeness (QED) is 0.627. The Kier molecular flexibility index (Phi) is 5.28. The third kappa shape index (κ3) is 5.03. The molecule has 0 aliphatic heterocycles. The molecule has 0 aliphatic carbocycles. The van der Waals surface area contributed by atoms with Crippen LogP contribution in [0.25, 0.3) is 6.08 Å². The zero-order valence-electron chi connectivity index (χ0n) is 10.4. The highest BCUT2D eigenvalue weighted by Crippen LogP contribution is 2.12. The molecule has 0 unspecified atom stereocenters. The monoisotopic (exact) mass is 262 g/mol. The minimum atomic E-state index is -1.03. The number of hydrogen-bond donors (Lipinski definition) is 2. The Bertz CT molecular complexity index is 523. The number of nitrogens with zero attached hydrogens (tertiary/aromatic N) is 1. The summed E-state index contributed by atoms with van der Waals surface area (Å²) in [5, 5.41) is 11.0. The lowest BCUT2D eigenvalue weighted by atomic mass is 10.2. The maximum Gasteiger partial charge on any atom is 0.413 e. The van der Waals surface area contributed by atoms with E-state index in [1.165, 1.54) is 12.2 Å². The molecular formula is C13H14N2O4. The number of aryl methyl sites for hydroxylation is 1. The predicted octanol–water partition coefficient (Wildman–Crippen LogP) is 2.22. The van der Waals surface area contributed by atoms with Crippen LogP contribution < -0.4 is 5.32 Å². The molecular weight excluding hydrogens is 248 g/mol. The zero-order valence-corrected chi connectivity index (χ0v) is 10.4. The van der Waals surface area contributed by atoms with Gasteiger partial charge < -0.3 is 9.84 Å². The summed E-state index contributed by atoms with van der Waals surface area (Å²) in [5.74, 6) is -0.700. The second kappa shape index (κ2) is 6.95. The number of nitrogens with one attached hydrogen (secondary N) is 1. The molecule has 19 heavy (non-hydrogen) atoms. The van der Waals surface area contributed by atoms with Crippen molar-refractivity contribution < 1.29 is 19.4 Å². The Hall–Kier alpha value is -2.63. The zero-order chi connectivity index (χ0) is 14.3. The summed E-state index contributed by atoms with van der Waals surface area (Å²) in [4.78, 5) is 25.8. The van der Waals surface area contributed by atoms with Gasteiger partial charge in [-0.2, -0.15) is 0 Å². The molecule has 6 heteroatoms. The summed E-state index contributed by atoms with van der Waals surface area (Å²) < 4.78 is 4.74. The van der Waals surface area contributed by atoms with E-state index in [1.54, 1.807) is 19.1 Å². The average Bonchev–Trinajstić information content (AvgIpc) is 2.35. The Morgan fingerprint density at radius 2 is 2.26 bits per heavy atom. The van der Waals surface area contributed by atoms with Gasteiger partial charge in [-0.3, -0.25) is 5.32 Å². The predicted molar refractivity (Wildman–Crippen MR) is 70.8 cm³/mol. The molecule has 1 aromatic heterocycles. The summed E-state index contributed by atoms with van der Waals surface area (Å²) in [5.41, 5.74) is 1.26. The fraction of sp³-hybridized carbons (Fsp3) is 0.154. The highest BCUT2D eigenvalue weighted by atomic mass is 16.5. The van der Waals surface area contributed by atoms with E-state index >= 15 is 0 Å². The van der Waals surface area contributed by atoms with Gasteiger partial charge in [0.25, 0.3) is 0 Å². The van der Waals surface area contributed by atoms with Crippen LogP contribution in [-0.4, -0.2) is 28.8 Å². The van der Waals surface area contributed by atoms with Crippen LogP contribution in [0.3, 0.4) is 0 Å². The van der Waals surface area contributed by atoms with E-state index in [0.717, 1.165) is 6.08 Å². The van der Waals surface area contributed by atoms with Crippen molar-refractivity contribution in [2.45, 2.75) is 6.92 Å².